The number of carbonyl (C=O) groups excluding carboxylic acids is 2. The lowest BCUT2D eigenvalue weighted by atomic mass is 10.0. The van der Waals surface area contributed by atoms with Gasteiger partial charge in [-0.25, -0.2) is 4.39 Å². The Bertz CT molecular complexity index is 488. The van der Waals surface area contributed by atoms with Gasteiger partial charge in [0.25, 0.3) is 0 Å². The molecule has 20 heavy (non-hydrogen) atoms. The summed E-state index contributed by atoms with van der Waals surface area (Å²) in [5.41, 5.74) is 0.487. The number of benzene rings is 1. The van der Waals surface area contributed by atoms with E-state index in [4.69, 9.17) is 0 Å². The van der Waals surface area contributed by atoms with Crippen LogP contribution in [0, 0.1) is 5.82 Å². The first-order valence-corrected chi connectivity index (χ1v) is 6.94. The maximum absolute atomic E-state index is 13.9. The second kappa shape index (κ2) is 6.61. The molecule has 1 aliphatic rings. The Morgan fingerprint density at radius 3 is 2.50 bits per heavy atom. The monoisotopic (exact) mass is 278 g/mol. The van der Waals surface area contributed by atoms with Gasteiger partial charge in [0.1, 0.15) is 5.82 Å². The topological polar surface area (TPSA) is 49.4 Å². The van der Waals surface area contributed by atoms with Gasteiger partial charge in [-0.05, 0) is 19.0 Å². The lowest BCUT2D eigenvalue weighted by molar-refractivity contribution is -0.148. The Morgan fingerprint density at radius 1 is 1.25 bits per heavy atom. The summed E-state index contributed by atoms with van der Waals surface area (Å²) >= 11 is 0. The van der Waals surface area contributed by atoms with Crippen molar-refractivity contribution >= 4 is 11.8 Å². The van der Waals surface area contributed by atoms with E-state index in [2.05, 4.69) is 5.32 Å². The SMILES string of the molecule is CCNC(CN1C(=O)CCCC1=O)c1ccccc1F. The molecule has 1 heterocycles. The Labute approximate surface area is 118 Å². The summed E-state index contributed by atoms with van der Waals surface area (Å²) in [6.45, 7) is 2.73. The van der Waals surface area contributed by atoms with Crippen LogP contribution >= 0.6 is 0 Å². The molecule has 1 aliphatic heterocycles. The first-order valence-electron chi connectivity index (χ1n) is 6.94. The van der Waals surface area contributed by atoms with Crippen LogP contribution in [-0.4, -0.2) is 29.8 Å². The minimum absolute atomic E-state index is 0.166. The molecule has 5 heteroatoms. The number of nitrogens with one attached hydrogen (secondary N) is 1. The standard InChI is InChI=1S/C15H19FN2O2/c1-2-17-13(11-6-3-4-7-12(11)16)10-18-14(19)8-5-9-15(18)20/h3-4,6-7,13,17H,2,5,8-10H2,1H3. The molecule has 1 fully saturated rings. The average Bonchev–Trinajstić information content (AvgIpc) is 2.43. The first kappa shape index (κ1) is 14.7. The molecular weight excluding hydrogens is 259 g/mol. The van der Waals surface area contributed by atoms with Crippen LogP contribution in [0.5, 0.6) is 0 Å². The zero-order valence-electron chi connectivity index (χ0n) is 11.6. The Hall–Kier alpha value is -1.75. The van der Waals surface area contributed by atoms with Crippen molar-refractivity contribution in [1.82, 2.24) is 10.2 Å². The van der Waals surface area contributed by atoms with Crippen molar-refractivity contribution in [2.24, 2.45) is 0 Å². The van der Waals surface area contributed by atoms with Gasteiger partial charge in [-0.2, -0.15) is 0 Å². The van der Waals surface area contributed by atoms with Crippen LogP contribution in [0.4, 0.5) is 4.39 Å². The molecule has 108 valence electrons. The Morgan fingerprint density at radius 2 is 1.90 bits per heavy atom. The fraction of sp³-hybridized carbons (Fsp3) is 0.467. The highest BCUT2D eigenvalue weighted by molar-refractivity contribution is 5.97. The number of piperidine rings is 1. The van der Waals surface area contributed by atoms with Crippen molar-refractivity contribution in [3.63, 3.8) is 0 Å². The third kappa shape index (κ3) is 3.22. The van der Waals surface area contributed by atoms with E-state index in [-0.39, 0.29) is 30.2 Å². The van der Waals surface area contributed by atoms with Crippen LogP contribution in [0.1, 0.15) is 37.8 Å². The van der Waals surface area contributed by atoms with Gasteiger partial charge in [0.15, 0.2) is 0 Å². The van der Waals surface area contributed by atoms with Crippen LogP contribution in [0.25, 0.3) is 0 Å². The smallest absolute Gasteiger partial charge is 0.229 e. The number of halogens is 1. The molecule has 1 saturated heterocycles. The number of hydrogen-bond acceptors (Lipinski definition) is 3. The molecule has 0 bridgehead atoms. The van der Waals surface area contributed by atoms with E-state index in [1.807, 2.05) is 6.92 Å². The number of imide groups is 1. The van der Waals surface area contributed by atoms with Crippen molar-refractivity contribution in [2.75, 3.05) is 13.1 Å². The molecule has 0 radical (unpaired) electrons. The summed E-state index contributed by atoms with van der Waals surface area (Å²) in [6.07, 6.45) is 1.39. The molecule has 4 nitrogen and oxygen atoms in total. The van der Waals surface area contributed by atoms with Crippen molar-refractivity contribution in [3.05, 3.63) is 35.6 Å². The van der Waals surface area contributed by atoms with E-state index in [1.165, 1.54) is 11.0 Å². The third-order valence-electron chi connectivity index (χ3n) is 3.48. The first-order chi connectivity index (χ1) is 9.63. The predicted molar refractivity (Wildman–Crippen MR) is 73.4 cm³/mol. The van der Waals surface area contributed by atoms with E-state index >= 15 is 0 Å². The summed E-state index contributed by atoms with van der Waals surface area (Å²) in [5.74, 6) is -0.656. The summed E-state index contributed by atoms with van der Waals surface area (Å²) in [6, 6.07) is 6.08. The van der Waals surface area contributed by atoms with E-state index in [9.17, 15) is 14.0 Å². The normalized spacial score (nSPS) is 17.4. The summed E-state index contributed by atoms with van der Waals surface area (Å²) in [7, 11) is 0. The van der Waals surface area contributed by atoms with Gasteiger partial charge in [0.05, 0.1) is 6.04 Å². The largest absolute Gasteiger partial charge is 0.309 e. The second-order valence-electron chi connectivity index (χ2n) is 4.88. The fourth-order valence-electron chi connectivity index (χ4n) is 2.46. The number of likely N-dealkylation sites (N-methyl/N-ethyl adjacent to an activating group) is 1. The summed E-state index contributed by atoms with van der Waals surface area (Å²) in [4.78, 5) is 24.9. The van der Waals surface area contributed by atoms with E-state index < -0.39 is 0 Å². The molecule has 1 unspecified atom stereocenters. The number of amides is 2. The van der Waals surface area contributed by atoms with Crippen molar-refractivity contribution in [3.8, 4) is 0 Å². The van der Waals surface area contributed by atoms with Crippen molar-refractivity contribution in [2.45, 2.75) is 32.2 Å². The lowest BCUT2D eigenvalue weighted by Crippen LogP contribution is -2.45. The van der Waals surface area contributed by atoms with Gasteiger partial charge in [-0.3, -0.25) is 14.5 Å². The minimum Gasteiger partial charge on any atom is -0.309 e. The number of rotatable bonds is 5. The van der Waals surface area contributed by atoms with Crippen LogP contribution in [-0.2, 0) is 9.59 Å². The maximum Gasteiger partial charge on any atom is 0.229 e. The van der Waals surface area contributed by atoms with Crippen LogP contribution in [0.3, 0.4) is 0 Å². The molecular formula is C15H19FN2O2. The van der Waals surface area contributed by atoms with Crippen molar-refractivity contribution in [1.29, 1.82) is 0 Å². The quantitative estimate of drug-likeness (QED) is 0.838. The number of carbonyl (C=O) groups is 2. The lowest BCUT2D eigenvalue weighted by Gasteiger charge is -2.29. The summed E-state index contributed by atoms with van der Waals surface area (Å²) < 4.78 is 13.9. The maximum atomic E-state index is 13.9. The van der Waals surface area contributed by atoms with Gasteiger partial charge in [-0.15, -0.1) is 0 Å². The van der Waals surface area contributed by atoms with Gasteiger partial charge in [-0.1, -0.05) is 25.1 Å². The molecule has 0 aliphatic carbocycles. The number of likely N-dealkylation sites (tertiary alicyclic amines) is 1. The Balaban J connectivity index is 2.19. The molecule has 0 aromatic heterocycles. The van der Waals surface area contributed by atoms with Crippen LogP contribution in [0.2, 0.25) is 0 Å². The van der Waals surface area contributed by atoms with Crippen LogP contribution in [0.15, 0.2) is 24.3 Å². The van der Waals surface area contributed by atoms with Crippen molar-refractivity contribution < 1.29 is 14.0 Å². The van der Waals surface area contributed by atoms with Gasteiger partial charge < -0.3 is 5.32 Å². The van der Waals surface area contributed by atoms with Crippen LogP contribution < -0.4 is 5.32 Å². The molecule has 2 amide bonds. The third-order valence-corrected chi connectivity index (χ3v) is 3.48. The molecule has 1 atom stereocenters. The number of hydrogen-bond donors (Lipinski definition) is 1. The zero-order valence-corrected chi connectivity index (χ0v) is 11.6. The van der Waals surface area contributed by atoms with Gasteiger partial charge in [0.2, 0.25) is 11.8 Å². The second-order valence-corrected chi connectivity index (χ2v) is 4.88. The minimum atomic E-state index is -0.368. The fourth-order valence-corrected chi connectivity index (χ4v) is 2.46. The zero-order chi connectivity index (χ0) is 14.5. The molecule has 1 aromatic carbocycles. The van der Waals surface area contributed by atoms with Gasteiger partial charge in [0, 0.05) is 24.9 Å². The molecule has 2 rings (SSSR count). The Kier molecular flexibility index (Phi) is 4.84. The van der Waals surface area contributed by atoms with E-state index in [0.29, 0.717) is 31.4 Å². The summed E-state index contributed by atoms with van der Waals surface area (Å²) in [5, 5.41) is 3.14. The highest BCUT2D eigenvalue weighted by Gasteiger charge is 2.29. The van der Waals surface area contributed by atoms with E-state index in [0.717, 1.165) is 0 Å². The molecule has 0 saturated carbocycles. The van der Waals surface area contributed by atoms with Gasteiger partial charge >= 0.3 is 0 Å². The highest BCUT2D eigenvalue weighted by Crippen LogP contribution is 2.21. The molecule has 1 aromatic rings. The van der Waals surface area contributed by atoms with E-state index in [1.54, 1.807) is 18.2 Å². The predicted octanol–water partition coefficient (Wildman–Crippen LogP) is 2.02. The average molecular weight is 278 g/mol. The molecule has 0 spiro atoms. The number of nitrogens with zero attached hydrogens (tertiary/aromatic N) is 1. The molecule has 1 N–H and O–H groups in total. The highest BCUT2D eigenvalue weighted by atomic mass is 19.1.